The van der Waals surface area contributed by atoms with Crippen LogP contribution in [0.1, 0.15) is 104 Å². The van der Waals surface area contributed by atoms with Gasteiger partial charge in [0.2, 0.25) is 0 Å². The van der Waals surface area contributed by atoms with E-state index in [9.17, 15) is 34.8 Å². The number of thiazole rings is 1. The van der Waals surface area contributed by atoms with Gasteiger partial charge in [0.05, 0.1) is 45.7 Å². The highest BCUT2D eigenvalue weighted by atomic mass is 32.1. The molecule has 334 valence electrons. The predicted molar refractivity (Wildman–Crippen MR) is 237 cm³/mol. The Morgan fingerprint density at radius 3 is 2.23 bits per heavy atom. The summed E-state index contributed by atoms with van der Waals surface area (Å²) in [7, 11) is 1.47. The second-order valence-electron chi connectivity index (χ2n) is 16.7. The fourth-order valence-corrected chi connectivity index (χ4v) is 9.37. The summed E-state index contributed by atoms with van der Waals surface area (Å²) in [6.07, 6.45) is 7.71. The first-order valence-corrected chi connectivity index (χ1v) is 22.0. The molecule has 0 spiro atoms. The minimum Gasteiger partial charge on any atom is -0.507 e. The number of hydrogen-bond donors (Lipinski definition) is 5. The van der Waals surface area contributed by atoms with Crippen molar-refractivity contribution in [2.75, 3.05) is 30.4 Å². The Kier molecular flexibility index (Phi) is 15.2. The van der Waals surface area contributed by atoms with Gasteiger partial charge in [-0.15, -0.1) is 0 Å². The molecule has 1 aromatic heterocycles. The van der Waals surface area contributed by atoms with E-state index < -0.39 is 77.3 Å². The second kappa shape index (κ2) is 19.6. The lowest BCUT2D eigenvalue weighted by Crippen LogP contribution is -2.46. The summed E-state index contributed by atoms with van der Waals surface area (Å²) < 4.78 is 24.4. The lowest BCUT2D eigenvalue weighted by atomic mass is 9.78. The van der Waals surface area contributed by atoms with Crippen molar-refractivity contribution in [3.63, 3.8) is 0 Å². The Morgan fingerprint density at radius 2 is 1.62 bits per heavy atom. The quantitative estimate of drug-likeness (QED) is 0.102. The third-order valence-corrected chi connectivity index (χ3v) is 13.3. The Morgan fingerprint density at radius 1 is 0.967 bits per heavy atom. The van der Waals surface area contributed by atoms with Crippen LogP contribution in [0.25, 0.3) is 21.0 Å². The molecule has 0 aliphatic carbocycles. The number of nitrogens with zero attached hydrogens (tertiary/aromatic N) is 2. The summed E-state index contributed by atoms with van der Waals surface area (Å²) in [6, 6.07) is 0. The summed E-state index contributed by atoms with van der Waals surface area (Å²) in [6.45, 7) is 18.6. The number of benzene rings is 2. The van der Waals surface area contributed by atoms with Crippen molar-refractivity contribution in [2.45, 2.75) is 125 Å². The van der Waals surface area contributed by atoms with Crippen LogP contribution in [0.5, 0.6) is 17.2 Å². The van der Waals surface area contributed by atoms with Gasteiger partial charge in [0.25, 0.3) is 11.7 Å². The number of carbonyl (C=O) groups is 3. The van der Waals surface area contributed by atoms with Crippen LogP contribution in [0.4, 0.5) is 10.8 Å². The van der Waals surface area contributed by atoms with Crippen LogP contribution in [-0.4, -0.2) is 93.5 Å². The number of unbranched alkanes of at least 4 members (excludes halogenated alkanes) is 2. The maximum absolute atomic E-state index is 14.7. The molecule has 9 atom stereocenters. The first kappa shape index (κ1) is 47.4. The minimum absolute atomic E-state index is 0.0313. The fourth-order valence-electron chi connectivity index (χ4n) is 8.25. The van der Waals surface area contributed by atoms with Gasteiger partial charge in [0.15, 0.2) is 10.9 Å². The molecule has 5 rings (SSSR count). The zero-order valence-corrected chi connectivity index (χ0v) is 38.0. The van der Waals surface area contributed by atoms with Crippen LogP contribution < -0.4 is 15.0 Å². The fraction of sp³-hybridized carbons (Fsp3) is 0.565. The molecule has 2 aromatic carbocycles. The zero-order valence-electron chi connectivity index (χ0n) is 37.2. The highest BCUT2D eigenvalue weighted by molar-refractivity contribution is 7.23. The van der Waals surface area contributed by atoms with Gasteiger partial charge in [-0.3, -0.25) is 14.4 Å². The number of aromatic nitrogens is 1. The smallest absolute Gasteiger partial charge is 0.312 e. The highest BCUT2D eigenvalue weighted by Crippen LogP contribution is 2.55. The Bertz CT molecular complexity index is 2210. The van der Waals surface area contributed by atoms with Gasteiger partial charge in [0.1, 0.15) is 23.3 Å². The number of aliphatic hydroxyl groups excluding tert-OH is 2. The number of methoxy groups -OCH3 is 1. The van der Waals surface area contributed by atoms with Crippen LogP contribution in [0.2, 0.25) is 0 Å². The molecule has 15 heteroatoms. The Balaban J connectivity index is 1.76. The number of allylic oxidation sites excluding steroid dienone is 2. The van der Waals surface area contributed by atoms with Gasteiger partial charge in [-0.05, 0) is 32.8 Å². The number of phenols is 2. The van der Waals surface area contributed by atoms with E-state index in [1.54, 1.807) is 65.8 Å². The minimum atomic E-state index is -1.95. The van der Waals surface area contributed by atoms with Gasteiger partial charge in [-0.1, -0.05) is 83.9 Å². The number of rotatable bonds is 9. The van der Waals surface area contributed by atoms with Crippen molar-refractivity contribution in [3.05, 3.63) is 47.3 Å². The van der Waals surface area contributed by atoms with Crippen molar-refractivity contribution in [1.82, 2.24) is 4.98 Å². The number of amides is 1. The van der Waals surface area contributed by atoms with E-state index >= 15 is 0 Å². The zero-order chi connectivity index (χ0) is 45.1. The largest absolute Gasteiger partial charge is 0.507 e. The van der Waals surface area contributed by atoms with Crippen molar-refractivity contribution in [3.8, 4) is 17.2 Å². The molecule has 0 unspecified atom stereocenters. The number of ether oxygens (including phenoxy) is 4. The SMILES string of the molecule is CCCCN(CCCC)c1nc2c(s1)c1c(O)c3c(O)c(C)c4c(c32)C(=O)[C@@](C)(O/C=C/[C@@H](OC)[C@@H](C)[C@@H](OC(C)=O)[C@H](C)[C@H](O)[C@H](C)[C@@H](O)[C@@H](C)/C=C/C=C(/C)C(=O)N1)O4. The summed E-state index contributed by atoms with van der Waals surface area (Å²) in [4.78, 5) is 48.3. The molecular weight excluding hydrogens is 803 g/mol. The van der Waals surface area contributed by atoms with E-state index in [1.165, 1.54) is 38.6 Å². The topological polar surface area (TPSA) is 197 Å². The average Bonchev–Trinajstić information content (AvgIpc) is 3.78. The van der Waals surface area contributed by atoms with Crippen molar-refractivity contribution >= 4 is 60.8 Å². The number of phenolic OH excluding ortho intramolecular Hbond substituents is 2. The first-order valence-electron chi connectivity index (χ1n) is 21.2. The molecule has 61 heavy (non-hydrogen) atoms. The molecule has 0 saturated carbocycles. The molecule has 3 heterocycles. The molecule has 0 fully saturated rings. The predicted octanol–water partition coefficient (Wildman–Crippen LogP) is 8.06. The molecule has 2 aliphatic heterocycles. The van der Waals surface area contributed by atoms with E-state index in [1.807, 2.05) is 0 Å². The third kappa shape index (κ3) is 9.40. The molecule has 0 saturated heterocycles. The summed E-state index contributed by atoms with van der Waals surface area (Å²) in [5, 5.41) is 50.5. The van der Waals surface area contributed by atoms with Gasteiger partial charge in [-0.25, -0.2) is 4.98 Å². The number of aliphatic hydroxyl groups is 2. The maximum atomic E-state index is 14.7. The monoisotopic (exact) mass is 865 g/mol. The van der Waals surface area contributed by atoms with Gasteiger partial charge in [-0.2, -0.15) is 0 Å². The van der Waals surface area contributed by atoms with E-state index in [0.29, 0.717) is 28.4 Å². The van der Waals surface area contributed by atoms with E-state index in [4.69, 9.17) is 23.9 Å². The average molecular weight is 866 g/mol. The molecule has 4 bridgehead atoms. The number of Topliss-reactive ketones (excluding diaryl/α,β-unsaturated/α-hetero) is 1. The molecule has 3 aromatic rings. The van der Waals surface area contributed by atoms with Crippen molar-refractivity contribution in [2.24, 2.45) is 23.7 Å². The van der Waals surface area contributed by atoms with E-state index in [-0.39, 0.29) is 44.7 Å². The summed E-state index contributed by atoms with van der Waals surface area (Å²) in [5.74, 6) is -6.76. The summed E-state index contributed by atoms with van der Waals surface area (Å²) in [5.41, 5.74) is 0.811. The molecule has 0 radical (unpaired) electrons. The van der Waals surface area contributed by atoms with Gasteiger partial charge < -0.3 is 49.6 Å². The number of anilines is 2. The first-order chi connectivity index (χ1) is 28.8. The number of carbonyl (C=O) groups excluding carboxylic acids is 3. The van der Waals surface area contributed by atoms with Crippen LogP contribution in [0.3, 0.4) is 0 Å². The lowest BCUT2D eigenvalue weighted by molar-refractivity contribution is -0.160. The van der Waals surface area contributed by atoms with Crippen LogP contribution in [0.15, 0.2) is 36.1 Å². The number of ketones is 1. The molecule has 5 N–H and O–H groups in total. The number of hydrogen-bond acceptors (Lipinski definition) is 14. The van der Waals surface area contributed by atoms with Crippen molar-refractivity contribution in [1.29, 1.82) is 0 Å². The van der Waals surface area contributed by atoms with E-state index in [2.05, 4.69) is 24.1 Å². The maximum Gasteiger partial charge on any atom is 0.312 e. The van der Waals surface area contributed by atoms with Crippen LogP contribution in [0, 0.1) is 30.6 Å². The number of aromatic hydroxyl groups is 2. The molecule has 2 aliphatic rings. The second-order valence-corrected chi connectivity index (χ2v) is 17.7. The number of fused-ring (bicyclic) bond motifs is 1. The Hall–Kier alpha value is -4.70. The van der Waals surface area contributed by atoms with E-state index in [0.717, 1.165) is 25.7 Å². The van der Waals surface area contributed by atoms with Crippen LogP contribution >= 0.6 is 11.3 Å². The normalized spacial score (nSPS) is 29.5. The molecule has 1 amide bonds. The van der Waals surface area contributed by atoms with Crippen LogP contribution in [-0.2, 0) is 23.8 Å². The molecular formula is C46H63N3O11S. The standard InChI is InChI=1S/C46H63N3O11S/c1-12-14-20-49(21-15-13-2)45-48-34-31-32-38(53)28(8)41-33(31)43(55)46(10,60-41)58-22-19-30(57-11)25(5)40(59-29(9)50)27(7)37(52)26(6)36(51)23(3)17-16-18-24(4)44(56)47-35(39(32)54)42(34)61-45/h16-19,22-23,25-27,30,36-37,40,51-54H,12-15,20-21H2,1-11H3,(H,47,56)/b17-16+,22-19+,24-18-/t23-,25+,26+,27+,30+,36-,37+,40+,46-/m0/s1. The number of nitrogens with one attached hydrogen (secondary N) is 1. The van der Waals surface area contributed by atoms with Gasteiger partial charge >= 0.3 is 11.8 Å². The lowest BCUT2D eigenvalue weighted by Gasteiger charge is -2.38. The number of esters is 1. The Labute approximate surface area is 362 Å². The highest BCUT2D eigenvalue weighted by Gasteiger charge is 2.50. The van der Waals surface area contributed by atoms with Crippen molar-refractivity contribution < 1.29 is 53.8 Å². The summed E-state index contributed by atoms with van der Waals surface area (Å²) >= 11 is 1.27. The third-order valence-electron chi connectivity index (χ3n) is 12.2. The van der Waals surface area contributed by atoms with Gasteiger partial charge in [0, 0.05) is 74.2 Å². The molecule has 14 nitrogen and oxygen atoms in total.